The molecule has 0 radical (unpaired) electrons. The van der Waals surface area contributed by atoms with Crippen molar-refractivity contribution in [3.63, 3.8) is 0 Å². The molecule has 0 aliphatic carbocycles. The van der Waals surface area contributed by atoms with Gasteiger partial charge < -0.3 is 9.67 Å². The minimum Gasteiger partial charge on any atom is -0.379 e. The summed E-state index contributed by atoms with van der Waals surface area (Å²) in [6, 6.07) is 1.12. The molecule has 0 bridgehead atoms. The molecule has 0 amide bonds. The van der Waals surface area contributed by atoms with E-state index in [1.54, 1.807) is 0 Å². The van der Waals surface area contributed by atoms with E-state index in [-0.39, 0.29) is 23.6 Å². The van der Waals surface area contributed by atoms with Crippen molar-refractivity contribution in [3.8, 4) is 0 Å². The summed E-state index contributed by atoms with van der Waals surface area (Å²) in [4.78, 5) is 0. The second-order valence-corrected chi connectivity index (χ2v) is 6.34. The summed E-state index contributed by atoms with van der Waals surface area (Å²) in [6.07, 6.45) is -4.85. The van der Waals surface area contributed by atoms with Crippen molar-refractivity contribution in [2.24, 2.45) is 0 Å². The summed E-state index contributed by atoms with van der Waals surface area (Å²) in [5.74, 6) is -0.147. The van der Waals surface area contributed by atoms with E-state index in [2.05, 4.69) is 0 Å². The fourth-order valence-electron chi connectivity index (χ4n) is 1.34. The van der Waals surface area contributed by atoms with Gasteiger partial charge in [-0.05, 0) is 6.07 Å². The Balaban J connectivity index is 2.70. The first-order valence-electron chi connectivity index (χ1n) is 5.26. The number of aromatic nitrogens is 1. The lowest BCUT2D eigenvalue weighted by Crippen LogP contribution is -2.19. The molecule has 1 atom stereocenters. The van der Waals surface area contributed by atoms with Crippen LogP contribution in [0.4, 0.5) is 13.2 Å². The van der Waals surface area contributed by atoms with Gasteiger partial charge in [0.1, 0.15) is 0 Å². The molecule has 104 valence electrons. The minimum absolute atomic E-state index is 0.00764. The van der Waals surface area contributed by atoms with E-state index in [1.165, 1.54) is 17.7 Å². The number of aliphatic hydroxyl groups excluding tert-OH is 1. The molecule has 1 aromatic rings. The molecule has 0 spiro atoms. The summed E-state index contributed by atoms with van der Waals surface area (Å²) in [5, 5.41) is 8.99. The van der Waals surface area contributed by atoms with Crippen molar-refractivity contribution in [1.29, 1.82) is 0 Å². The van der Waals surface area contributed by atoms with E-state index in [0.717, 1.165) is 12.3 Å². The van der Waals surface area contributed by atoms with E-state index >= 15 is 0 Å². The first-order valence-corrected chi connectivity index (χ1v) is 7.08. The molecular weight excluding hydrogens is 271 g/mol. The van der Waals surface area contributed by atoms with Gasteiger partial charge in [0, 0.05) is 30.3 Å². The summed E-state index contributed by atoms with van der Waals surface area (Å²) in [7, 11) is -3.16. The fraction of sp³-hybridized carbons (Fsp3) is 0.600. The first kappa shape index (κ1) is 15.0. The third-order valence-electron chi connectivity index (χ3n) is 2.50. The lowest BCUT2D eigenvalue weighted by Gasteiger charge is -2.12. The van der Waals surface area contributed by atoms with Crippen molar-refractivity contribution < 1.29 is 26.7 Å². The van der Waals surface area contributed by atoms with Gasteiger partial charge in [-0.15, -0.1) is 0 Å². The number of aryl methyl sites for hydroxylation is 1. The van der Waals surface area contributed by atoms with E-state index in [1.807, 2.05) is 0 Å². The van der Waals surface area contributed by atoms with Crippen LogP contribution >= 0.6 is 0 Å². The number of hydrogen-bond acceptors (Lipinski definition) is 3. The van der Waals surface area contributed by atoms with Gasteiger partial charge in [0.05, 0.1) is 5.75 Å². The molecule has 1 heterocycles. The molecular formula is C10H14F3NO3S. The Labute approximate surface area is 103 Å². The van der Waals surface area contributed by atoms with E-state index in [0.29, 0.717) is 0 Å². The number of rotatable bonds is 5. The number of aliphatic hydroxyl groups is 1. The topological polar surface area (TPSA) is 59.3 Å². The molecule has 0 aromatic carbocycles. The maximum absolute atomic E-state index is 12.2. The predicted molar refractivity (Wildman–Crippen MR) is 59.8 cm³/mol. The van der Waals surface area contributed by atoms with Crippen LogP contribution in [0.25, 0.3) is 0 Å². The third-order valence-corrected chi connectivity index (χ3v) is 4.18. The van der Waals surface area contributed by atoms with Crippen LogP contribution in [-0.4, -0.2) is 35.8 Å². The summed E-state index contributed by atoms with van der Waals surface area (Å²) in [5.41, 5.74) is -0.295. The van der Waals surface area contributed by atoms with Crippen molar-refractivity contribution in [2.75, 3.05) is 11.5 Å². The second kappa shape index (κ2) is 5.31. The van der Waals surface area contributed by atoms with Crippen LogP contribution < -0.4 is 0 Å². The van der Waals surface area contributed by atoms with Gasteiger partial charge in [0.15, 0.2) is 15.9 Å². The zero-order chi connectivity index (χ0) is 14.0. The molecule has 0 fully saturated rings. The fourth-order valence-corrected chi connectivity index (χ4v) is 2.12. The standard InChI is InChI=1S/C10H14F3NO3S/c1-2-18(16,17)6-5-14-4-3-8(7-14)9(15)10(11,12)13/h3-4,7,9,15H,2,5-6H2,1H3. The number of hydrogen-bond donors (Lipinski definition) is 1. The largest absolute Gasteiger partial charge is 0.418 e. The van der Waals surface area contributed by atoms with Crippen molar-refractivity contribution >= 4 is 9.84 Å². The smallest absolute Gasteiger partial charge is 0.379 e. The Morgan fingerprint density at radius 1 is 1.44 bits per heavy atom. The molecule has 1 rings (SSSR count). The van der Waals surface area contributed by atoms with Gasteiger partial charge in [-0.25, -0.2) is 8.42 Å². The highest BCUT2D eigenvalue weighted by atomic mass is 32.2. The Hall–Kier alpha value is -1.02. The van der Waals surface area contributed by atoms with Gasteiger partial charge in [-0.2, -0.15) is 13.2 Å². The molecule has 18 heavy (non-hydrogen) atoms. The van der Waals surface area contributed by atoms with Gasteiger partial charge >= 0.3 is 6.18 Å². The van der Waals surface area contributed by atoms with Gasteiger partial charge in [-0.1, -0.05) is 6.92 Å². The normalized spacial score (nSPS) is 14.7. The highest BCUT2D eigenvalue weighted by molar-refractivity contribution is 7.91. The molecule has 0 saturated carbocycles. The minimum atomic E-state index is -4.72. The van der Waals surface area contributed by atoms with Crippen LogP contribution in [0.1, 0.15) is 18.6 Å². The van der Waals surface area contributed by atoms with Crippen LogP contribution in [0.2, 0.25) is 0 Å². The molecule has 1 aromatic heterocycles. The van der Waals surface area contributed by atoms with Crippen LogP contribution in [-0.2, 0) is 16.4 Å². The molecule has 8 heteroatoms. The van der Waals surface area contributed by atoms with Crippen LogP contribution in [0.3, 0.4) is 0 Å². The van der Waals surface area contributed by atoms with Crippen molar-refractivity contribution in [3.05, 3.63) is 24.0 Å². The Morgan fingerprint density at radius 3 is 2.56 bits per heavy atom. The maximum atomic E-state index is 12.2. The monoisotopic (exact) mass is 285 g/mol. The van der Waals surface area contributed by atoms with Crippen molar-refractivity contribution in [2.45, 2.75) is 25.7 Å². The first-order chi connectivity index (χ1) is 8.15. The van der Waals surface area contributed by atoms with Gasteiger partial charge in [0.2, 0.25) is 0 Å². The van der Waals surface area contributed by atoms with E-state index < -0.39 is 22.1 Å². The third kappa shape index (κ3) is 4.02. The van der Waals surface area contributed by atoms with Crippen LogP contribution in [0.5, 0.6) is 0 Å². The maximum Gasteiger partial charge on any atom is 0.418 e. The highest BCUT2D eigenvalue weighted by Gasteiger charge is 2.39. The lowest BCUT2D eigenvalue weighted by atomic mass is 10.2. The van der Waals surface area contributed by atoms with Gasteiger partial charge in [-0.3, -0.25) is 0 Å². The van der Waals surface area contributed by atoms with E-state index in [4.69, 9.17) is 5.11 Å². The predicted octanol–water partition coefficient (Wildman–Crippen LogP) is 1.52. The molecule has 0 aliphatic rings. The van der Waals surface area contributed by atoms with Crippen molar-refractivity contribution in [1.82, 2.24) is 4.57 Å². The molecule has 1 N–H and O–H groups in total. The number of alkyl halides is 3. The Kier molecular flexibility index (Phi) is 4.44. The summed E-state index contributed by atoms with van der Waals surface area (Å²) in [6.45, 7) is 1.57. The average Bonchev–Trinajstić information content (AvgIpc) is 2.73. The lowest BCUT2D eigenvalue weighted by molar-refractivity contribution is -0.206. The quantitative estimate of drug-likeness (QED) is 0.892. The van der Waals surface area contributed by atoms with E-state index in [9.17, 15) is 21.6 Å². The summed E-state index contributed by atoms with van der Waals surface area (Å²) >= 11 is 0. The highest BCUT2D eigenvalue weighted by Crippen LogP contribution is 2.32. The Bertz CT molecular complexity index is 493. The van der Waals surface area contributed by atoms with Crippen LogP contribution in [0.15, 0.2) is 18.5 Å². The molecule has 4 nitrogen and oxygen atoms in total. The number of nitrogens with zero attached hydrogens (tertiary/aromatic N) is 1. The molecule has 0 saturated heterocycles. The van der Waals surface area contributed by atoms with Crippen LogP contribution in [0, 0.1) is 0 Å². The average molecular weight is 285 g/mol. The number of sulfone groups is 1. The molecule has 1 unspecified atom stereocenters. The zero-order valence-corrected chi connectivity index (χ0v) is 10.5. The molecule has 0 aliphatic heterocycles. The number of halogens is 3. The van der Waals surface area contributed by atoms with Gasteiger partial charge in [0.25, 0.3) is 0 Å². The zero-order valence-electron chi connectivity index (χ0n) is 9.68. The second-order valence-electron chi connectivity index (χ2n) is 3.86. The summed E-state index contributed by atoms with van der Waals surface area (Å²) < 4.78 is 60.4. The Morgan fingerprint density at radius 2 is 2.06 bits per heavy atom. The SMILES string of the molecule is CCS(=O)(=O)CCn1ccc(C(O)C(F)(F)F)c1.